The lowest BCUT2D eigenvalue weighted by molar-refractivity contribution is -0.141. The van der Waals surface area contributed by atoms with E-state index in [0.29, 0.717) is 0 Å². The number of nitrogens with one attached hydrogen (secondary N) is 1. The lowest BCUT2D eigenvalue weighted by atomic mass is 10.0. The van der Waals surface area contributed by atoms with E-state index in [9.17, 15) is 9.59 Å². The fraction of sp³-hybridized carbons (Fsp3) is 0.800. The molecule has 0 unspecified atom stereocenters. The standard InChI is InChI=1S/C10H21N3O2/c1-10(2,11-3)9(15)13(6)7-8(14)12(4)5/h11H,7H2,1-6H3. The molecule has 0 atom stereocenters. The fourth-order valence-corrected chi connectivity index (χ4v) is 1.00. The Kier molecular flexibility index (Phi) is 4.74. The highest BCUT2D eigenvalue weighted by molar-refractivity contribution is 5.89. The van der Waals surface area contributed by atoms with Crippen LogP contribution in [-0.4, -0.2) is 61.9 Å². The largest absolute Gasteiger partial charge is 0.347 e. The molecular weight excluding hydrogens is 194 g/mol. The van der Waals surface area contributed by atoms with Gasteiger partial charge in [0.1, 0.15) is 0 Å². The molecule has 0 fully saturated rings. The summed E-state index contributed by atoms with van der Waals surface area (Å²) in [5.41, 5.74) is -0.638. The van der Waals surface area contributed by atoms with Gasteiger partial charge >= 0.3 is 0 Å². The Balaban J connectivity index is 4.41. The topological polar surface area (TPSA) is 52.7 Å². The fourth-order valence-electron chi connectivity index (χ4n) is 1.00. The second-order valence-electron chi connectivity index (χ2n) is 4.32. The van der Waals surface area contributed by atoms with Crippen LogP contribution in [0.3, 0.4) is 0 Å². The third kappa shape index (κ3) is 3.87. The van der Waals surface area contributed by atoms with Gasteiger partial charge in [0.25, 0.3) is 0 Å². The molecule has 2 amide bonds. The zero-order chi connectivity index (χ0) is 12.2. The minimum absolute atomic E-state index is 0.0854. The van der Waals surface area contributed by atoms with Crippen molar-refractivity contribution in [3.63, 3.8) is 0 Å². The lowest BCUT2D eigenvalue weighted by Crippen LogP contribution is -2.53. The summed E-state index contributed by atoms with van der Waals surface area (Å²) < 4.78 is 0. The maximum Gasteiger partial charge on any atom is 0.242 e. The summed E-state index contributed by atoms with van der Waals surface area (Å²) in [6.45, 7) is 3.68. The van der Waals surface area contributed by atoms with Crippen LogP contribution in [-0.2, 0) is 9.59 Å². The second kappa shape index (κ2) is 5.11. The van der Waals surface area contributed by atoms with Crippen LogP contribution in [0.1, 0.15) is 13.8 Å². The molecule has 88 valence electrons. The van der Waals surface area contributed by atoms with E-state index < -0.39 is 5.54 Å². The molecule has 5 heteroatoms. The highest BCUT2D eigenvalue weighted by Crippen LogP contribution is 2.05. The van der Waals surface area contributed by atoms with Crippen LogP contribution >= 0.6 is 0 Å². The molecule has 15 heavy (non-hydrogen) atoms. The molecule has 0 rings (SSSR count). The molecule has 0 aliphatic rings. The number of hydrogen-bond donors (Lipinski definition) is 1. The van der Waals surface area contributed by atoms with Gasteiger partial charge < -0.3 is 15.1 Å². The van der Waals surface area contributed by atoms with E-state index in [1.54, 1.807) is 42.0 Å². The molecule has 0 radical (unpaired) electrons. The number of nitrogens with zero attached hydrogens (tertiary/aromatic N) is 2. The Morgan fingerprint density at radius 1 is 1.20 bits per heavy atom. The SMILES string of the molecule is CNC(C)(C)C(=O)N(C)CC(=O)N(C)C. The molecule has 0 heterocycles. The van der Waals surface area contributed by atoms with E-state index in [-0.39, 0.29) is 18.4 Å². The van der Waals surface area contributed by atoms with Crippen molar-refractivity contribution in [1.82, 2.24) is 15.1 Å². The van der Waals surface area contributed by atoms with Gasteiger partial charge in [0, 0.05) is 21.1 Å². The van der Waals surface area contributed by atoms with Gasteiger partial charge in [0.15, 0.2) is 0 Å². The van der Waals surface area contributed by atoms with Crippen molar-refractivity contribution in [2.75, 3.05) is 34.7 Å². The van der Waals surface area contributed by atoms with Crippen molar-refractivity contribution in [3.8, 4) is 0 Å². The molecule has 0 aromatic heterocycles. The normalized spacial score (nSPS) is 11.1. The van der Waals surface area contributed by atoms with Crippen LogP contribution in [0.5, 0.6) is 0 Å². The number of likely N-dealkylation sites (N-methyl/N-ethyl adjacent to an activating group) is 3. The van der Waals surface area contributed by atoms with E-state index in [0.717, 1.165) is 0 Å². The Bertz CT molecular complexity index is 249. The summed E-state index contributed by atoms with van der Waals surface area (Å²) in [5, 5.41) is 2.91. The average Bonchev–Trinajstić information content (AvgIpc) is 2.16. The van der Waals surface area contributed by atoms with E-state index in [1.807, 2.05) is 0 Å². The maximum absolute atomic E-state index is 11.8. The van der Waals surface area contributed by atoms with Crippen molar-refractivity contribution in [3.05, 3.63) is 0 Å². The second-order valence-corrected chi connectivity index (χ2v) is 4.32. The first-order chi connectivity index (χ1) is 6.72. The number of rotatable bonds is 4. The lowest BCUT2D eigenvalue weighted by Gasteiger charge is -2.29. The smallest absolute Gasteiger partial charge is 0.242 e. The molecule has 0 aromatic rings. The molecule has 1 N–H and O–H groups in total. The molecule has 0 aliphatic heterocycles. The van der Waals surface area contributed by atoms with Crippen LogP contribution in [0.15, 0.2) is 0 Å². The predicted octanol–water partition coefficient (Wildman–Crippen LogP) is -0.469. The van der Waals surface area contributed by atoms with Gasteiger partial charge in [-0.05, 0) is 20.9 Å². The minimum Gasteiger partial charge on any atom is -0.347 e. The quantitative estimate of drug-likeness (QED) is 0.690. The van der Waals surface area contributed by atoms with Crippen LogP contribution < -0.4 is 5.32 Å². The van der Waals surface area contributed by atoms with E-state index in [4.69, 9.17) is 0 Å². The molecule has 0 spiro atoms. The summed E-state index contributed by atoms with van der Waals surface area (Å²) in [7, 11) is 6.69. The van der Waals surface area contributed by atoms with Crippen molar-refractivity contribution < 1.29 is 9.59 Å². The summed E-state index contributed by atoms with van der Waals surface area (Å²) >= 11 is 0. The third-order valence-corrected chi connectivity index (χ3v) is 2.38. The first-order valence-electron chi connectivity index (χ1n) is 4.87. The number of carbonyl (C=O) groups excluding carboxylic acids is 2. The highest BCUT2D eigenvalue weighted by atomic mass is 16.2. The van der Waals surface area contributed by atoms with Crippen molar-refractivity contribution in [1.29, 1.82) is 0 Å². The zero-order valence-corrected chi connectivity index (χ0v) is 10.4. The maximum atomic E-state index is 11.8. The zero-order valence-electron chi connectivity index (χ0n) is 10.4. The van der Waals surface area contributed by atoms with E-state index in [2.05, 4.69) is 5.32 Å². The highest BCUT2D eigenvalue weighted by Gasteiger charge is 2.29. The Hall–Kier alpha value is -1.10. The van der Waals surface area contributed by atoms with Crippen LogP contribution in [0.4, 0.5) is 0 Å². The van der Waals surface area contributed by atoms with Gasteiger partial charge in [-0.15, -0.1) is 0 Å². The van der Waals surface area contributed by atoms with Gasteiger partial charge in [-0.25, -0.2) is 0 Å². The molecule has 0 saturated carbocycles. The van der Waals surface area contributed by atoms with E-state index >= 15 is 0 Å². The first-order valence-corrected chi connectivity index (χ1v) is 4.87. The number of amides is 2. The van der Waals surface area contributed by atoms with Gasteiger partial charge in [0.05, 0.1) is 12.1 Å². The summed E-state index contributed by atoms with van der Waals surface area (Å²) in [5.74, 6) is -0.182. The Labute approximate surface area is 91.4 Å². The average molecular weight is 215 g/mol. The van der Waals surface area contributed by atoms with E-state index in [1.165, 1.54) is 9.80 Å². The first kappa shape index (κ1) is 13.9. The molecule has 5 nitrogen and oxygen atoms in total. The molecular formula is C10H21N3O2. The van der Waals surface area contributed by atoms with Crippen molar-refractivity contribution >= 4 is 11.8 Å². The van der Waals surface area contributed by atoms with Crippen LogP contribution in [0, 0.1) is 0 Å². The summed E-state index contributed by atoms with van der Waals surface area (Å²) in [4.78, 5) is 26.1. The third-order valence-electron chi connectivity index (χ3n) is 2.38. The molecule has 0 bridgehead atoms. The monoisotopic (exact) mass is 215 g/mol. The number of carbonyl (C=O) groups is 2. The molecule has 0 aromatic carbocycles. The Morgan fingerprint density at radius 3 is 2.00 bits per heavy atom. The summed E-state index contributed by atoms with van der Waals surface area (Å²) in [6, 6.07) is 0. The predicted molar refractivity (Wildman–Crippen MR) is 59.5 cm³/mol. The Morgan fingerprint density at radius 2 is 1.67 bits per heavy atom. The van der Waals surface area contributed by atoms with Gasteiger partial charge in [0.2, 0.25) is 11.8 Å². The van der Waals surface area contributed by atoms with Crippen molar-refractivity contribution in [2.45, 2.75) is 19.4 Å². The molecule has 0 aliphatic carbocycles. The molecule has 0 saturated heterocycles. The van der Waals surface area contributed by atoms with Crippen LogP contribution in [0.2, 0.25) is 0 Å². The van der Waals surface area contributed by atoms with Crippen LogP contribution in [0.25, 0.3) is 0 Å². The van der Waals surface area contributed by atoms with Gasteiger partial charge in [-0.1, -0.05) is 0 Å². The van der Waals surface area contributed by atoms with Gasteiger partial charge in [-0.3, -0.25) is 9.59 Å². The minimum atomic E-state index is -0.638. The number of hydrogen-bond acceptors (Lipinski definition) is 3. The summed E-state index contributed by atoms with van der Waals surface area (Å²) in [6.07, 6.45) is 0. The van der Waals surface area contributed by atoms with Crippen molar-refractivity contribution in [2.24, 2.45) is 0 Å². The van der Waals surface area contributed by atoms with Gasteiger partial charge in [-0.2, -0.15) is 0 Å².